The zero-order valence-corrected chi connectivity index (χ0v) is 8.85. The van der Waals surface area contributed by atoms with Crippen molar-refractivity contribution in [2.75, 3.05) is 5.43 Å². The number of nitrogens with zero attached hydrogens (tertiary/aromatic N) is 2. The first kappa shape index (κ1) is 9.47. The van der Waals surface area contributed by atoms with Crippen LogP contribution in [0.1, 0.15) is 25.3 Å². The maximum atomic E-state index is 9.41. The summed E-state index contributed by atoms with van der Waals surface area (Å²) in [6, 6.07) is 5.71. The molecule has 16 heavy (non-hydrogen) atoms. The Morgan fingerprint density at radius 3 is 2.88 bits per heavy atom. The Bertz CT molecular complexity index is 530. The maximum absolute atomic E-state index is 9.41. The first-order chi connectivity index (χ1) is 7.79. The topological polar surface area (TPSA) is 76.1 Å². The molecule has 5 heteroatoms. The van der Waals surface area contributed by atoms with E-state index in [1.807, 2.05) is 6.07 Å². The molecule has 1 heterocycles. The Morgan fingerprint density at radius 1 is 1.44 bits per heavy atom. The summed E-state index contributed by atoms with van der Waals surface area (Å²) in [5, 5.41) is 9.41. The van der Waals surface area contributed by atoms with E-state index in [1.54, 1.807) is 12.1 Å². The summed E-state index contributed by atoms with van der Waals surface area (Å²) in [4.78, 5) is 4.36. The van der Waals surface area contributed by atoms with Gasteiger partial charge in [-0.3, -0.25) is 5.43 Å². The molecule has 1 aliphatic rings. The molecule has 3 rings (SSSR count). The van der Waals surface area contributed by atoms with Gasteiger partial charge in [0.1, 0.15) is 5.75 Å². The summed E-state index contributed by atoms with van der Waals surface area (Å²) < 4.78 is 2.12. The minimum Gasteiger partial charge on any atom is -0.508 e. The van der Waals surface area contributed by atoms with E-state index in [0.29, 0.717) is 12.0 Å². The second-order valence-corrected chi connectivity index (χ2v) is 4.21. The average molecular weight is 218 g/mol. The van der Waals surface area contributed by atoms with E-state index in [-0.39, 0.29) is 5.75 Å². The zero-order chi connectivity index (χ0) is 11.1. The number of aromatic hydroxyl groups is 1. The largest absolute Gasteiger partial charge is 0.508 e. The summed E-state index contributed by atoms with van der Waals surface area (Å²) >= 11 is 0. The highest BCUT2D eigenvalue weighted by Crippen LogP contribution is 2.37. The average Bonchev–Trinajstić information content (AvgIpc) is 2.54. The Labute approximate surface area is 92.9 Å². The molecule has 0 spiro atoms. The SMILES string of the molecule is NNc1nc2cc(O)ccc2n1C1CCC1. The number of nitrogen functional groups attached to an aromatic ring is 1. The smallest absolute Gasteiger partial charge is 0.218 e. The van der Waals surface area contributed by atoms with Crippen molar-refractivity contribution in [2.45, 2.75) is 25.3 Å². The van der Waals surface area contributed by atoms with Crippen molar-refractivity contribution < 1.29 is 5.11 Å². The molecule has 1 saturated carbocycles. The van der Waals surface area contributed by atoms with Crippen molar-refractivity contribution in [1.82, 2.24) is 9.55 Å². The first-order valence-electron chi connectivity index (χ1n) is 5.47. The molecular weight excluding hydrogens is 204 g/mol. The van der Waals surface area contributed by atoms with Crippen LogP contribution in [0.3, 0.4) is 0 Å². The van der Waals surface area contributed by atoms with Crippen molar-refractivity contribution in [3.63, 3.8) is 0 Å². The molecule has 1 aromatic carbocycles. The monoisotopic (exact) mass is 218 g/mol. The Balaban J connectivity index is 2.22. The van der Waals surface area contributed by atoms with Gasteiger partial charge in [0.05, 0.1) is 11.0 Å². The fourth-order valence-corrected chi connectivity index (χ4v) is 2.20. The van der Waals surface area contributed by atoms with Crippen LogP contribution >= 0.6 is 0 Å². The number of phenolic OH excluding ortho intramolecular Hbond substituents is 1. The van der Waals surface area contributed by atoms with E-state index < -0.39 is 0 Å². The summed E-state index contributed by atoms with van der Waals surface area (Å²) in [5.41, 5.74) is 4.43. The quantitative estimate of drug-likeness (QED) is 0.530. The van der Waals surface area contributed by atoms with Gasteiger partial charge >= 0.3 is 0 Å². The molecule has 84 valence electrons. The minimum absolute atomic E-state index is 0.231. The molecule has 1 aliphatic carbocycles. The summed E-state index contributed by atoms with van der Waals surface area (Å²) in [6.45, 7) is 0. The lowest BCUT2D eigenvalue weighted by Crippen LogP contribution is -2.21. The third-order valence-electron chi connectivity index (χ3n) is 3.24. The van der Waals surface area contributed by atoms with Crippen LogP contribution < -0.4 is 11.3 Å². The maximum Gasteiger partial charge on any atom is 0.218 e. The standard InChI is InChI=1S/C11H14N4O/c12-14-11-13-9-6-8(16)4-5-10(9)15(11)7-2-1-3-7/h4-7,16H,1-3,12H2,(H,13,14). The summed E-state index contributed by atoms with van der Waals surface area (Å²) in [6.07, 6.45) is 3.59. The zero-order valence-electron chi connectivity index (χ0n) is 8.85. The van der Waals surface area contributed by atoms with Gasteiger partial charge in [0.15, 0.2) is 0 Å². The molecule has 4 N–H and O–H groups in total. The van der Waals surface area contributed by atoms with Crippen LogP contribution in [0.15, 0.2) is 18.2 Å². The molecule has 0 aliphatic heterocycles. The number of rotatable bonds is 2. The predicted octanol–water partition coefficient (Wildman–Crippen LogP) is 1.75. The normalized spacial score (nSPS) is 16.3. The Kier molecular flexibility index (Phi) is 2.00. The van der Waals surface area contributed by atoms with Crippen LogP contribution in [-0.4, -0.2) is 14.7 Å². The van der Waals surface area contributed by atoms with Crippen molar-refractivity contribution in [3.05, 3.63) is 18.2 Å². The third-order valence-corrected chi connectivity index (χ3v) is 3.24. The second kappa shape index (κ2) is 3.38. The second-order valence-electron chi connectivity index (χ2n) is 4.21. The van der Waals surface area contributed by atoms with E-state index in [2.05, 4.69) is 15.0 Å². The van der Waals surface area contributed by atoms with Crippen LogP contribution in [0.4, 0.5) is 5.95 Å². The van der Waals surface area contributed by atoms with Crippen LogP contribution in [0, 0.1) is 0 Å². The van der Waals surface area contributed by atoms with Gasteiger partial charge in [-0.2, -0.15) is 0 Å². The van der Waals surface area contributed by atoms with Gasteiger partial charge < -0.3 is 9.67 Å². The number of imidazole rings is 1. The number of benzene rings is 1. The highest BCUT2D eigenvalue weighted by Gasteiger charge is 2.24. The van der Waals surface area contributed by atoms with Gasteiger partial charge in [0.25, 0.3) is 0 Å². The number of hydrazine groups is 1. The number of anilines is 1. The number of nitrogens with two attached hydrogens (primary N) is 1. The summed E-state index contributed by atoms with van der Waals surface area (Å²) in [7, 11) is 0. The Hall–Kier alpha value is -1.75. The molecule has 1 aromatic heterocycles. The van der Waals surface area contributed by atoms with Crippen molar-refractivity contribution in [1.29, 1.82) is 0 Å². The number of phenols is 1. The third kappa shape index (κ3) is 1.25. The molecule has 2 aromatic rings. The highest BCUT2D eigenvalue weighted by molar-refractivity contribution is 5.80. The van der Waals surface area contributed by atoms with Gasteiger partial charge in [-0.1, -0.05) is 0 Å². The van der Waals surface area contributed by atoms with E-state index in [4.69, 9.17) is 5.84 Å². The molecule has 0 amide bonds. The van der Waals surface area contributed by atoms with Crippen LogP contribution in [0.2, 0.25) is 0 Å². The molecule has 0 atom stereocenters. The van der Waals surface area contributed by atoms with E-state index >= 15 is 0 Å². The lowest BCUT2D eigenvalue weighted by molar-refractivity contribution is 0.323. The molecule has 0 radical (unpaired) electrons. The minimum atomic E-state index is 0.231. The van der Waals surface area contributed by atoms with E-state index in [1.165, 1.54) is 19.3 Å². The van der Waals surface area contributed by atoms with Crippen LogP contribution in [0.5, 0.6) is 5.75 Å². The predicted molar refractivity (Wildman–Crippen MR) is 62.1 cm³/mol. The highest BCUT2D eigenvalue weighted by atomic mass is 16.3. The molecule has 0 unspecified atom stereocenters. The van der Waals surface area contributed by atoms with E-state index in [9.17, 15) is 5.11 Å². The molecule has 0 saturated heterocycles. The summed E-state index contributed by atoms with van der Waals surface area (Å²) in [5.74, 6) is 6.38. The van der Waals surface area contributed by atoms with Crippen LogP contribution in [0.25, 0.3) is 11.0 Å². The molecule has 5 nitrogen and oxygen atoms in total. The molecule has 0 bridgehead atoms. The molecular formula is C11H14N4O. The lowest BCUT2D eigenvalue weighted by Gasteiger charge is -2.28. The van der Waals surface area contributed by atoms with Crippen molar-refractivity contribution in [3.8, 4) is 5.75 Å². The fourth-order valence-electron chi connectivity index (χ4n) is 2.20. The van der Waals surface area contributed by atoms with Gasteiger partial charge in [0.2, 0.25) is 5.95 Å². The van der Waals surface area contributed by atoms with Gasteiger partial charge in [0, 0.05) is 12.1 Å². The molecule has 1 fully saturated rings. The van der Waals surface area contributed by atoms with Crippen LogP contribution in [-0.2, 0) is 0 Å². The Morgan fingerprint density at radius 2 is 2.25 bits per heavy atom. The van der Waals surface area contributed by atoms with Crippen molar-refractivity contribution in [2.24, 2.45) is 5.84 Å². The lowest BCUT2D eigenvalue weighted by atomic mass is 9.93. The first-order valence-corrected chi connectivity index (χ1v) is 5.47. The van der Waals surface area contributed by atoms with Crippen molar-refractivity contribution >= 4 is 17.0 Å². The number of hydrogen-bond acceptors (Lipinski definition) is 4. The number of fused-ring (bicyclic) bond motifs is 1. The van der Waals surface area contributed by atoms with E-state index in [0.717, 1.165) is 11.0 Å². The van der Waals surface area contributed by atoms with Gasteiger partial charge in [-0.25, -0.2) is 10.8 Å². The number of nitrogens with one attached hydrogen (secondary N) is 1. The van der Waals surface area contributed by atoms with Gasteiger partial charge in [-0.05, 0) is 31.4 Å². The van der Waals surface area contributed by atoms with Gasteiger partial charge in [-0.15, -0.1) is 0 Å². The number of hydrogen-bond donors (Lipinski definition) is 3. The number of aromatic nitrogens is 2. The fraction of sp³-hybridized carbons (Fsp3) is 0.364.